The Kier molecular flexibility index (Phi) is 5.72. The normalized spacial score (nSPS) is 24.7. The fraction of sp³-hybridized carbons (Fsp3) is 0.400. The Morgan fingerprint density at radius 2 is 1.67 bits per heavy atom. The molecule has 2 fully saturated rings. The SMILES string of the molecule is COc1ncc(C2(O)CC3CCCC(C2)N3C(=O)OCC2c3ccccc3-c3ccccc32)cc1C. The van der Waals surface area contributed by atoms with Crippen molar-refractivity contribution in [3.8, 4) is 17.0 Å². The van der Waals surface area contributed by atoms with Crippen molar-refractivity contribution >= 4 is 6.09 Å². The molecule has 0 saturated carbocycles. The van der Waals surface area contributed by atoms with E-state index in [0.717, 1.165) is 30.4 Å². The van der Waals surface area contributed by atoms with Crippen LogP contribution >= 0.6 is 0 Å². The first-order chi connectivity index (χ1) is 17.5. The van der Waals surface area contributed by atoms with Crippen molar-refractivity contribution in [2.24, 2.45) is 0 Å². The average molecular weight is 485 g/mol. The standard InChI is InChI=1S/C30H32N2O4/c1-19-14-20(17-31-28(19)35-2)30(34)15-21-8-7-9-22(16-30)32(21)29(33)36-18-27-25-12-5-3-10-23(25)24-11-4-6-13-26(24)27/h3-6,10-14,17,21-22,27,34H,7-9,15-16,18H2,1-2H3. The van der Waals surface area contributed by atoms with Crippen molar-refractivity contribution in [3.63, 3.8) is 0 Å². The number of rotatable bonds is 4. The zero-order chi connectivity index (χ0) is 24.9. The monoisotopic (exact) mass is 484 g/mol. The number of hydrogen-bond acceptors (Lipinski definition) is 5. The van der Waals surface area contributed by atoms with Crippen LogP contribution < -0.4 is 4.74 Å². The number of carbonyl (C=O) groups is 1. The average Bonchev–Trinajstić information content (AvgIpc) is 3.20. The van der Waals surface area contributed by atoms with Gasteiger partial charge in [-0.05, 0) is 54.5 Å². The number of aryl methyl sites for hydroxylation is 1. The molecule has 6 heteroatoms. The van der Waals surface area contributed by atoms with Gasteiger partial charge in [0.05, 0.1) is 12.7 Å². The molecule has 1 aliphatic carbocycles. The maximum Gasteiger partial charge on any atom is 0.410 e. The minimum Gasteiger partial charge on any atom is -0.481 e. The smallest absolute Gasteiger partial charge is 0.410 e. The molecule has 0 spiro atoms. The van der Waals surface area contributed by atoms with E-state index >= 15 is 0 Å². The Bertz CT molecular complexity index is 1250. The largest absolute Gasteiger partial charge is 0.481 e. The molecule has 36 heavy (non-hydrogen) atoms. The van der Waals surface area contributed by atoms with Crippen LogP contribution in [0.2, 0.25) is 0 Å². The van der Waals surface area contributed by atoms with Gasteiger partial charge < -0.3 is 19.5 Å². The zero-order valence-electron chi connectivity index (χ0n) is 20.8. The van der Waals surface area contributed by atoms with E-state index in [0.29, 0.717) is 25.3 Å². The highest BCUT2D eigenvalue weighted by molar-refractivity contribution is 5.79. The van der Waals surface area contributed by atoms with E-state index in [4.69, 9.17) is 9.47 Å². The van der Waals surface area contributed by atoms with Crippen LogP contribution in [0, 0.1) is 6.92 Å². The summed E-state index contributed by atoms with van der Waals surface area (Å²) < 4.78 is 11.3. The molecule has 0 radical (unpaired) electrons. The lowest BCUT2D eigenvalue weighted by molar-refractivity contribution is -0.0893. The molecular weight excluding hydrogens is 452 g/mol. The Labute approximate surface area is 211 Å². The van der Waals surface area contributed by atoms with E-state index in [-0.39, 0.29) is 24.1 Å². The third kappa shape index (κ3) is 3.75. The molecule has 3 heterocycles. The molecule has 1 aromatic heterocycles. The first kappa shape index (κ1) is 23.0. The lowest BCUT2D eigenvalue weighted by Crippen LogP contribution is -2.59. The summed E-state index contributed by atoms with van der Waals surface area (Å²) in [4.78, 5) is 19.8. The van der Waals surface area contributed by atoms with Gasteiger partial charge in [-0.15, -0.1) is 0 Å². The fourth-order valence-electron chi connectivity index (χ4n) is 6.66. The number of nitrogens with zero attached hydrogens (tertiary/aromatic N) is 2. The quantitative estimate of drug-likeness (QED) is 0.526. The number of pyridine rings is 1. The fourth-order valence-corrected chi connectivity index (χ4v) is 6.66. The molecule has 1 N–H and O–H groups in total. The summed E-state index contributed by atoms with van der Waals surface area (Å²) in [5, 5.41) is 11.7. The van der Waals surface area contributed by atoms with Crippen LogP contribution in [0.3, 0.4) is 0 Å². The van der Waals surface area contributed by atoms with Crippen LogP contribution in [-0.2, 0) is 10.3 Å². The third-order valence-corrected chi connectivity index (χ3v) is 8.32. The van der Waals surface area contributed by atoms with E-state index in [1.165, 1.54) is 22.3 Å². The lowest BCUT2D eigenvalue weighted by Gasteiger charge is -2.51. The molecule has 1 amide bonds. The number of fused-ring (bicyclic) bond motifs is 5. The van der Waals surface area contributed by atoms with Crippen LogP contribution in [0.15, 0.2) is 60.8 Å². The summed E-state index contributed by atoms with van der Waals surface area (Å²) >= 11 is 0. The first-order valence-electron chi connectivity index (χ1n) is 12.9. The molecule has 2 saturated heterocycles. The van der Waals surface area contributed by atoms with E-state index in [1.807, 2.05) is 30.0 Å². The van der Waals surface area contributed by atoms with Crippen LogP contribution in [0.5, 0.6) is 5.88 Å². The second-order valence-electron chi connectivity index (χ2n) is 10.4. The van der Waals surface area contributed by atoms with Gasteiger partial charge in [-0.2, -0.15) is 0 Å². The van der Waals surface area contributed by atoms with Crippen molar-refractivity contribution < 1.29 is 19.4 Å². The summed E-state index contributed by atoms with van der Waals surface area (Å²) in [6.07, 6.45) is 5.21. The lowest BCUT2D eigenvalue weighted by atomic mass is 9.73. The van der Waals surface area contributed by atoms with Crippen LogP contribution in [0.4, 0.5) is 4.79 Å². The maximum absolute atomic E-state index is 13.5. The Hall–Kier alpha value is -3.38. The topological polar surface area (TPSA) is 71.9 Å². The summed E-state index contributed by atoms with van der Waals surface area (Å²) in [5.74, 6) is 0.606. The third-order valence-electron chi connectivity index (χ3n) is 8.32. The number of methoxy groups -OCH3 is 1. The van der Waals surface area contributed by atoms with Crippen molar-refractivity contribution in [2.45, 2.75) is 62.6 Å². The van der Waals surface area contributed by atoms with Crippen LogP contribution in [-0.4, -0.2) is 46.9 Å². The van der Waals surface area contributed by atoms with E-state index in [2.05, 4.69) is 41.4 Å². The number of hydrogen-bond donors (Lipinski definition) is 1. The van der Waals surface area contributed by atoms with Gasteiger partial charge in [0.25, 0.3) is 0 Å². The van der Waals surface area contributed by atoms with Gasteiger partial charge in [-0.3, -0.25) is 0 Å². The molecule has 2 bridgehead atoms. The number of ether oxygens (including phenoxy) is 2. The molecule has 2 atom stereocenters. The maximum atomic E-state index is 13.5. The van der Waals surface area contributed by atoms with Crippen molar-refractivity contribution in [3.05, 3.63) is 83.0 Å². The van der Waals surface area contributed by atoms with Crippen molar-refractivity contribution in [1.82, 2.24) is 9.88 Å². The molecule has 6 rings (SSSR count). The summed E-state index contributed by atoms with van der Waals surface area (Å²) in [7, 11) is 1.60. The summed E-state index contributed by atoms with van der Waals surface area (Å²) in [5.41, 5.74) is 5.54. The minimum absolute atomic E-state index is 0.0382. The number of aliphatic hydroxyl groups is 1. The van der Waals surface area contributed by atoms with E-state index < -0.39 is 5.60 Å². The molecule has 2 aromatic carbocycles. The molecular formula is C30H32N2O4. The predicted octanol–water partition coefficient (Wildman–Crippen LogP) is 5.55. The number of benzene rings is 2. The number of carbonyl (C=O) groups excluding carboxylic acids is 1. The zero-order valence-corrected chi connectivity index (χ0v) is 20.8. The van der Waals surface area contributed by atoms with Crippen molar-refractivity contribution in [2.75, 3.05) is 13.7 Å². The van der Waals surface area contributed by atoms with Gasteiger partial charge in [0.1, 0.15) is 6.61 Å². The van der Waals surface area contributed by atoms with Crippen LogP contribution in [0.25, 0.3) is 11.1 Å². The molecule has 3 aliphatic rings. The number of aromatic nitrogens is 1. The van der Waals surface area contributed by atoms with Gasteiger partial charge >= 0.3 is 6.09 Å². The molecule has 186 valence electrons. The molecule has 2 aliphatic heterocycles. The van der Waals surface area contributed by atoms with Gasteiger partial charge in [0.2, 0.25) is 5.88 Å². The molecule has 6 nitrogen and oxygen atoms in total. The van der Waals surface area contributed by atoms with Gasteiger partial charge in [0, 0.05) is 48.2 Å². The second kappa shape index (κ2) is 8.93. The highest BCUT2D eigenvalue weighted by atomic mass is 16.6. The van der Waals surface area contributed by atoms with Crippen molar-refractivity contribution in [1.29, 1.82) is 0 Å². The second-order valence-corrected chi connectivity index (χ2v) is 10.4. The number of piperidine rings is 2. The Balaban J connectivity index is 1.20. The van der Waals surface area contributed by atoms with Gasteiger partial charge in [-0.25, -0.2) is 9.78 Å². The molecule has 3 aromatic rings. The highest BCUT2D eigenvalue weighted by Crippen LogP contribution is 2.46. The predicted molar refractivity (Wildman–Crippen MR) is 137 cm³/mol. The Morgan fingerprint density at radius 3 is 2.25 bits per heavy atom. The van der Waals surface area contributed by atoms with Gasteiger partial charge in [0.15, 0.2) is 0 Å². The first-order valence-corrected chi connectivity index (χ1v) is 12.9. The minimum atomic E-state index is -1.01. The van der Waals surface area contributed by atoms with E-state index in [1.54, 1.807) is 13.3 Å². The summed E-state index contributed by atoms with van der Waals surface area (Å²) in [6.45, 7) is 2.25. The van der Waals surface area contributed by atoms with Crippen LogP contribution in [0.1, 0.15) is 60.3 Å². The van der Waals surface area contributed by atoms with E-state index in [9.17, 15) is 9.90 Å². The molecule has 2 unspecified atom stereocenters. The Morgan fingerprint density at radius 1 is 1.06 bits per heavy atom. The number of amides is 1. The van der Waals surface area contributed by atoms with Gasteiger partial charge in [-0.1, -0.05) is 48.5 Å². The highest BCUT2D eigenvalue weighted by Gasteiger charge is 2.49. The summed E-state index contributed by atoms with van der Waals surface area (Å²) in [6, 6.07) is 18.6.